The van der Waals surface area contributed by atoms with E-state index in [9.17, 15) is 14.7 Å². The highest BCUT2D eigenvalue weighted by Crippen LogP contribution is 2.48. The first-order chi connectivity index (χ1) is 20.3. The molecule has 11 nitrogen and oxygen atoms in total. The summed E-state index contributed by atoms with van der Waals surface area (Å²) in [6.45, 7) is 1.60. The Bertz CT molecular complexity index is 1530. The fourth-order valence-electron chi connectivity index (χ4n) is 4.88. The van der Waals surface area contributed by atoms with E-state index in [1.54, 1.807) is 61.5 Å². The van der Waals surface area contributed by atoms with Crippen LogP contribution < -0.4 is 28.4 Å². The third kappa shape index (κ3) is 5.38. The summed E-state index contributed by atoms with van der Waals surface area (Å²) in [5, 5.41) is 12.0. The van der Waals surface area contributed by atoms with Gasteiger partial charge in [0.05, 0.1) is 33.5 Å². The summed E-state index contributed by atoms with van der Waals surface area (Å²) in [6, 6.07) is 15.0. The van der Waals surface area contributed by atoms with Gasteiger partial charge in [-0.2, -0.15) is 0 Å². The number of hydrogen-bond acceptors (Lipinski definition) is 11. The van der Waals surface area contributed by atoms with Gasteiger partial charge in [-0.25, -0.2) is 9.59 Å². The third-order valence-electron chi connectivity index (χ3n) is 6.83. The van der Waals surface area contributed by atoms with Gasteiger partial charge < -0.3 is 43.0 Å². The number of aliphatic hydroxyl groups is 1. The van der Waals surface area contributed by atoms with Gasteiger partial charge in [-0.05, 0) is 66.6 Å². The summed E-state index contributed by atoms with van der Waals surface area (Å²) in [7, 11) is 4.44. The van der Waals surface area contributed by atoms with Crippen LogP contribution in [-0.2, 0) is 31.3 Å². The van der Waals surface area contributed by atoms with Crippen LogP contribution in [0.25, 0.3) is 5.57 Å². The topological polar surface area (TPSA) is 128 Å². The predicted molar refractivity (Wildman–Crippen MR) is 148 cm³/mol. The largest absolute Gasteiger partial charge is 0.497 e. The standard InChI is InChI=1S/C31H30O11/c1-5-38-27(32)16-39-26-14-18(13-25(36-3)29(26)37-4)12-22-28(19-6-11-23-24(15-19)41-17-40-23)30(33)42-31(22,34)20-7-9-21(35-2)10-8-20/h6-11,13-15,34H,5,12,16-17H2,1-4H3. The van der Waals surface area contributed by atoms with Gasteiger partial charge >= 0.3 is 11.9 Å². The van der Waals surface area contributed by atoms with Crippen LogP contribution in [0.3, 0.4) is 0 Å². The fourth-order valence-corrected chi connectivity index (χ4v) is 4.88. The van der Waals surface area contributed by atoms with Crippen LogP contribution in [0.15, 0.2) is 60.2 Å². The van der Waals surface area contributed by atoms with E-state index in [1.165, 1.54) is 21.3 Å². The summed E-state index contributed by atoms with van der Waals surface area (Å²) < 4.78 is 43.6. The maximum atomic E-state index is 13.5. The lowest BCUT2D eigenvalue weighted by atomic mass is 9.88. The summed E-state index contributed by atoms with van der Waals surface area (Å²) in [4.78, 5) is 25.5. The van der Waals surface area contributed by atoms with Crippen molar-refractivity contribution in [3.63, 3.8) is 0 Å². The molecule has 1 atom stereocenters. The van der Waals surface area contributed by atoms with Crippen molar-refractivity contribution in [2.24, 2.45) is 0 Å². The van der Waals surface area contributed by atoms with Crippen LogP contribution in [0.5, 0.6) is 34.5 Å². The van der Waals surface area contributed by atoms with Crippen LogP contribution in [-0.4, -0.2) is 58.4 Å². The monoisotopic (exact) mass is 578 g/mol. The molecule has 3 aromatic carbocycles. The van der Waals surface area contributed by atoms with Crippen molar-refractivity contribution >= 4 is 17.5 Å². The first-order valence-corrected chi connectivity index (χ1v) is 13.1. The maximum absolute atomic E-state index is 13.5. The Morgan fingerprint density at radius 1 is 0.929 bits per heavy atom. The Kier molecular flexibility index (Phi) is 8.12. The molecule has 0 aromatic heterocycles. The molecule has 3 aromatic rings. The Hall–Kier alpha value is -4.90. The molecule has 0 bridgehead atoms. The summed E-state index contributed by atoms with van der Waals surface area (Å²) >= 11 is 0. The Labute approximate surface area is 242 Å². The van der Waals surface area contributed by atoms with Gasteiger partial charge in [-0.1, -0.05) is 6.07 Å². The minimum Gasteiger partial charge on any atom is -0.497 e. The van der Waals surface area contributed by atoms with Crippen molar-refractivity contribution in [1.29, 1.82) is 0 Å². The molecule has 0 saturated heterocycles. The van der Waals surface area contributed by atoms with Crippen molar-refractivity contribution in [2.45, 2.75) is 19.1 Å². The van der Waals surface area contributed by atoms with Gasteiger partial charge in [0.15, 0.2) is 29.6 Å². The lowest BCUT2D eigenvalue weighted by Crippen LogP contribution is -2.29. The van der Waals surface area contributed by atoms with Gasteiger partial charge in [-0.15, -0.1) is 0 Å². The molecule has 5 rings (SSSR count). The molecule has 11 heteroatoms. The number of carbonyl (C=O) groups excluding carboxylic acids is 2. The molecule has 0 aliphatic carbocycles. The van der Waals surface area contributed by atoms with E-state index in [0.29, 0.717) is 39.7 Å². The number of esters is 2. The van der Waals surface area contributed by atoms with Crippen molar-refractivity contribution in [1.82, 2.24) is 0 Å². The minimum absolute atomic E-state index is 0.0220. The summed E-state index contributed by atoms with van der Waals surface area (Å²) in [6.07, 6.45) is 0.0220. The van der Waals surface area contributed by atoms with E-state index < -0.39 is 17.7 Å². The molecular formula is C31H30O11. The third-order valence-corrected chi connectivity index (χ3v) is 6.83. The molecule has 0 saturated carbocycles. The second kappa shape index (κ2) is 11.9. The molecular weight excluding hydrogens is 548 g/mol. The molecule has 2 heterocycles. The molecule has 220 valence electrons. The van der Waals surface area contributed by atoms with E-state index in [1.807, 2.05) is 0 Å². The molecule has 42 heavy (non-hydrogen) atoms. The Balaban J connectivity index is 1.63. The molecule has 0 spiro atoms. The molecule has 0 radical (unpaired) electrons. The lowest BCUT2D eigenvalue weighted by molar-refractivity contribution is -0.185. The number of benzene rings is 3. The maximum Gasteiger partial charge on any atom is 0.344 e. The number of cyclic esters (lactones) is 1. The van der Waals surface area contributed by atoms with Crippen molar-refractivity contribution in [2.75, 3.05) is 41.3 Å². The number of ether oxygens (including phenoxy) is 8. The Morgan fingerprint density at radius 2 is 1.67 bits per heavy atom. The SMILES string of the molecule is CCOC(=O)COc1cc(CC2=C(c3ccc4c(c3)OCO4)C(=O)OC2(O)c2ccc(OC)cc2)cc(OC)c1OC. The van der Waals surface area contributed by atoms with Gasteiger partial charge in [0, 0.05) is 17.6 Å². The predicted octanol–water partition coefficient (Wildman–Crippen LogP) is 3.78. The van der Waals surface area contributed by atoms with Gasteiger partial charge in [0.2, 0.25) is 12.5 Å². The van der Waals surface area contributed by atoms with E-state index >= 15 is 0 Å². The van der Waals surface area contributed by atoms with Crippen molar-refractivity contribution in [3.8, 4) is 34.5 Å². The zero-order chi connectivity index (χ0) is 29.9. The molecule has 1 N–H and O–H groups in total. The highest BCUT2D eigenvalue weighted by atomic mass is 16.7. The highest BCUT2D eigenvalue weighted by Gasteiger charge is 2.48. The quantitative estimate of drug-likeness (QED) is 0.334. The summed E-state index contributed by atoms with van der Waals surface area (Å²) in [5.74, 6) is -1.03. The fraction of sp³-hybridized carbons (Fsp3) is 0.290. The van der Waals surface area contributed by atoms with Crippen LogP contribution in [0.2, 0.25) is 0 Å². The van der Waals surface area contributed by atoms with Gasteiger partial charge in [0.25, 0.3) is 5.79 Å². The van der Waals surface area contributed by atoms with Crippen LogP contribution in [0.1, 0.15) is 23.6 Å². The first-order valence-electron chi connectivity index (χ1n) is 13.1. The van der Waals surface area contributed by atoms with Crippen molar-refractivity contribution in [3.05, 3.63) is 76.9 Å². The smallest absolute Gasteiger partial charge is 0.344 e. The van der Waals surface area contributed by atoms with Crippen LogP contribution in [0, 0.1) is 0 Å². The lowest BCUT2D eigenvalue weighted by Gasteiger charge is -2.26. The van der Waals surface area contributed by atoms with Crippen molar-refractivity contribution < 1.29 is 52.6 Å². The average molecular weight is 579 g/mol. The second-order valence-electron chi connectivity index (χ2n) is 9.28. The molecule has 1 unspecified atom stereocenters. The average Bonchev–Trinajstić information content (AvgIpc) is 3.57. The zero-order valence-electron chi connectivity index (χ0n) is 23.6. The minimum atomic E-state index is -2.12. The van der Waals surface area contributed by atoms with Crippen LogP contribution in [0.4, 0.5) is 0 Å². The highest BCUT2D eigenvalue weighted by molar-refractivity contribution is 6.20. The summed E-state index contributed by atoms with van der Waals surface area (Å²) in [5.41, 5.74) is 1.80. The second-order valence-corrected chi connectivity index (χ2v) is 9.28. The molecule has 2 aliphatic rings. The van der Waals surface area contributed by atoms with E-state index in [-0.39, 0.29) is 49.1 Å². The normalized spacial score (nSPS) is 17.1. The Morgan fingerprint density at radius 3 is 2.36 bits per heavy atom. The van der Waals surface area contributed by atoms with Crippen LogP contribution >= 0.6 is 0 Å². The number of carbonyl (C=O) groups is 2. The zero-order valence-corrected chi connectivity index (χ0v) is 23.6. The number of methoxy groups -OCH3 is 3. The number of hydrogen-bond donors (Lipinski definition) is 1. The van der Waals surface area contributed by atoms with E-state index in [2.05, 4.69) is 0 Å². The van der Waals surface area contributed by atoms with Gasteiger partial charge in [-0.3, -0.25) is 0 Å². The van der Waals surface area contributed by atoms with E-state index in [0.717, 1.165) is 0 Å². The molecule has 0 amide bonds. The van der Waals surface area contributed by atoms with Gasteiger partial charge in [0.1, 0.15) is 5.75 Å². The number of rotatable bonds is 11. The first kappa shape index (κ1) is 28.6. The van der Waals surface area contributed by atoms with E-state index in [4.69, 9.17) is 37.9 Å². The molecule has 2 aliphatic heterocycles. The molecule has 0 fully saturated rings. The number of fused-ring (bicyclic) bond motifs is 1.